The number of hydrogen-bond acceptors (Lipinski definition) is 3. The van der Waals surface area contributed by atoms with Crippen molar-refractivity contribution in [1.29, 1.82) is 0 Å². The van der Waals surface area contributed by atoms with Gasteiger partial charge in [-0.15, -0.1) is 0 Å². The molecule has 1 saturated heterocycles. The molecule has 0 saturated carbocycles. The third-order valence-corrected chi connectivity index (χ3v) is 3.73. The van der Waals surface area contributed by atoms with Gasteiger partial charge in [0, 0.05) is 31.3 Å². The Morgan fingerprint density at radius 2 is 1.95 bits per heavy atom. The third-order valence-electron chi connectivity index (χ3n) is 3.73. The Morgan fingerprint density at radius 1 is 1.09 bits per heavy atom. The second kappa shape index (κ2) is 6.00. The van der Waals surface area contributed by atoms with Gasteiger partial charge in [0.15, 0.2) is 5.82 Å². The molecule has 22 heavy (non-hydrogen) atoms. The van der Waals surface area contributed by atoms with Crippen molar-refractivity contribution in [2.45, 2.75) is 12.6 Å². The van der Waals surface area contributed by atoms with Crippen LogP contribution in [-0.2, 0) is 6.18 Å². The lowest BCUT2D eigenvalue weighted by molar-refractivity contribution is -0.137. The number of aromatic amines is 1. The van der Waals surface area contributed by atoms with Gasteiger partial charge < -0.3 is 10.2 Å². The minimum atomic E-state index is -4.34. The maximum Gasteiger partial charge on any atom is 0.416 e. The molecule has 2 heterocycles. The number of benzene rings is 1. The maximum atomic E-state index is 12.8. The van der Waals surface area contributed by atoms with Gasteiger partial charge in [-0.05, 0) is 25.1 Å². The fourth-order valence-electron chi connectivity index (χ4n) is 2.56. The van der Waals surface area contributed by atoms with E-state index in [-0.39, 0.29) is 0 Å². The van der Waals surface area contributed by atoms with E-state index in [0.717, 1.165) is 50.6 Å². The molecule has 7 heteroatoms. The van der Waals surface area contributed by atoms with Crippen molar-refractivity contribution in [3.63, 3.8) is 0 Å². The number of halogens is 3. The Bertz CT molecular complexity index is 628. The Kier molecular flexibility index (Phi) is 4.06. The van der Waals surface area contributed by atoms with Crippen LogP contribution < -0.4 is 10.2 Å². The molecule has 0 bridgehead atoms. The Hall–Kier alpha value is -2.02. The van der Waals surface area contributed by atoms with E-state index in [1.54, 1.807) is 12.1 Å². The van der Waals surface area contributed by atoms with Crippen molar-refractivity contribution in [3.05, 3.63) is 35.9 Å². The number of nitrogens with zero attached hydrogens (tertiary/aromatic N) is 2. The van der Waals surface area contributed by atoms with Gasteiger partial charge in [-0.2, -0.15) is 18.3 Å². The van der Waals surface area contributed by atoms with E-state index in [2.05, 4.69) is 20.4 Å². The predicted octanol–water partition coefficient (Wildman–Crippen LogP) is 2.90. The van der Waals surface area contributed by atoms with Gasteiger partial charge >= 0.3 is 6.18 Å². The molecule has 0 radical (unpaired) electrons. The summed E-state index contributed by atoms with van der Waals surface area (Å²) in [5.74, 6) is 0.774. The van der Waals surface area contributed by atoms with Crippen molar-refractivity contribution in [3.8, 4) is 11.3 Å². The van der Waals surface area contributed by atoms with E-state index in [1.807, 2.05) is 0 Å². The van der Waals surface area contributed by atoms with Crippen molar-refractivity contribution in [2.75, 3.05) is 31.1 Å². The first-order valence-electron chi connectivity index (χ1n) is 7.23. The highest BCUT2D eigenvalue weighted by Crippen LogP contribution is 2.32. The van der Waals surface area contributed by atoms with Crippen molar-refractivity contribution < 1.29 is 13.2 Å². The van der Waals surface area contributed by atoms with Crippen LogP contribution in [0.15, 0.2) is 30.3 Å². The average Bonchev–Trinajstić information content (AvgIpc) is 2.82. The minimum absolute atomic E-state index is 0.488. The molecular formula is C15H17F3N4. The number of rotatable bonds is 2. The topological polar surface area (TPSA) is 44.0 Å². The highest BCUT2D eigenvalue weighted by atomic mass is 19.4. The summed E-state index contributed by atoms with van der Waals surface area (Å²) < 4.78 is 38.4. The molecule has 1 aromatic carbocycles. The zero-order valence-corrected chi connectivity index (χ0v) is 12.0. The molecule has 2 aromatic rings. The molecule has 0 amide bonds. The van der Waals surface area contributed by atoms with Crippen molar-refractivity contribution >= 4 is 5.82 Å². The number of H-pyrrole nitrogens is 1. The second-order valence-electron chi connectivity index (χ2n) is 5.31. The van der Waals surface area contributed by atoms with Crippen LogP contribution in [0.4, 0.5) is 19.0 Å². The molecule has 1 aliphatic heterocycles. The van der Waals surface area contributed by atoms with Gasteiger partial charge in [0.2, 0.25) is 0 Å². The smallest absolute Gasteiger partial charge is 0.354 e. The fourth-order valence-corrected chi connectivity index (χ4v) is 2.56. The number of nitrogens with one attached hydrogen (secondary N) is 2. The Morgan fingerprint density at radius 3 is 2.77 bits per heavy atom. The van der Waals surface area contributed by atoms with Gasteiger partial charge in [-0.3, -0.25) is 5.10 Å². The first-order chi connectivity index (χ1) is 10.5. The SMILES string of the molecule is FC(F)(F)c1cccc(-c2cc(N3CCCNCC3)n[nH]2)c1. The molecule has 0 atom stereocenters. The van der Waals surface area contributed by atoms with Crippen LogP contribution in [0.5, 0.6) is 0 Å². The Labute approximate surface area is 126 Å². The van der Waals surface area contributed by atoms with Crippen molar-refractivity contribution in [2.24, 2.45) is 0 Å². The zero-order valence-electron chi connectivity index (χ0n) is 12.0. The summed E-state index contributed by atoms with van der Waals surface area (Å²) in [6.07, 6.45) is -3.32. The van der Waals surface area contributed by atoms with Crippen LogP contribution in [0.1, 0.15) is 12.0 Å². The summed E-state index contributed by atoms with van der Waals surface area (Å²) in [6, 6.07) is 7.08. The van der Waals surface area contributed by atoms with Gasteiger partial charge in [-0.25, -0.2) is 0 Å². The summed E-state index contributed by atoms with van der Waals surface area (Å²) in [5, 5.41) is 10.4. The molecular weight excluding hydrogens is 293 g/mol. The number of hydrogen-bond donors (Lipinski definition) is 2. The maximum absolute atomic E-state index is 12.8. The van der Waals surface area contributed by atoms with Crippen LogP contribution >= 0.6 is 0 Å². The standard InChI is InChI=1S/C15H17F3N4/c16-15(17,18)12-4-1-3-11(9-12)13-10-14(21-20-13)22-7-2-5-19-6-8-22/h1,3-4,9-10,19H,2,5-8H2,(H,20,21). The number of anilines is 1. The van der Waals surface area contributed by atoms with Gasteiger partial charge in [-0.1, -0.05) is 12.1 Å². The molecule has 2 N–H and O–H groups in total. The largest absolute Gasteiger partial charge is 0.416 e. The monoisotopic (exact) mass is 310 g/mol. The summed E-state index contributed by atoms with van der Waals surface area (Å²) in [6.45, 7) is 3.58. The van der Waals surface area contributed by atoms with E-state index < -0.39 is 11.7 Å². The lowest BCUT2D eigenvalue weighted by atomic mass is 10.1. The van der Waals surface area contributed by atoms with Crippen LogP contribution in [0.2, 0.25) is 0 Å². The summed E-state index contributed by atoms with van der Waals surface area (Å²) >= 11 is 0. The van der Waals surface area contributed by atoms with E-state index in [9.17, 15) is 13.2 Å². The predicted molar refractivity (Wildman–Crippen MR) is 78.7 cm³/mol. The van der Waals surface area contributed by atoms with E-state index in [1.165, 1.54) is 6.07 Å². The first-order valence-corrected chi connectivity index (χ1v) is 7.23. The highest BCUT2D eigenvalue weighted by Gasteiger charge is 2.30. The first kappa shape index (κ1) is 14.9. The second-order valence-corrected chi connectivity index (χ2v) is 5.31. The van der Waals surface area contributed by atoms with Crippen molar-refractivity contribution in [1.82, 2.24) is 15.5 Å². The third kappa shape index (κ3) is 3.24. The summed E-state index contributed by atoms with van der Waals surface area (Å²) in [4.78, 5) is 2.13. The molecule has 1 fully saturated rings. The molecule has 0 unspecified atom stereocenters. The van der Waals surface area contributed by atoms with E-state index in [4.69, 9.17) is 0 Å². The molecule has 3 rings (SSSR count). The lowest BCUT2D eigenvalue weighted by Gasteiger charge is -2.18. The summed E-state index contributed by atoms with van der Waals surface area (Å²) in [5.41, 5.74) is 0.431. The lowest BCUT2D eigenvalue weighted by Crippen LogP contribution is -2.28. The van der Waals surface area contributed by atoms with Crippen LogP contribution in [0, 0.1) is 0 Å². The summed E-state index contributed by atoms with van der Waals surface area (Å²) in [7, 11) is 0. The zero-order chi connectivity index (χ0) is 15.6. The average molecular weight is 310 g/mol. The fraction of sp³-hybridized carbons (Fsp3) is 0.400. The quantitative estimate of drug-likeness (QED) is 0.896. The molecule has 1 aliphatic rings. The normalized spacial score (nSPS) is 16.6. The molecule has 0 spiro atoms. The highest BCUT2D eigenvalue weighted by molar-refractivity contribution is 5.64. The van der Waals surface area contributed by atoms with Gasteiger partial charge in [0.1, 0.15) is 0 Å². The number of alkyl halides is 3. The minimum Gasteiger partial charge on any atom is -0.354 e. The molecule has 118 valence electrons. The van der Waals surface area contributed by atoms with Gasteiger partial charge in [0.25, 0.3) is 0 Å². The number of aromatic nitrogens is 2. The van der Waals surface area contributed by atoms with E-state index >= 15 is 0 Å². The molecule has 1 aromatic heterocycles. The van der Waals surface area contributed by atoms with Crippen LogP contribution in [0.25, 0.3) is 11.3 Å². The molecule has 0 aliphatic carbocycles. The van der Waals surface area contributed by atoms with E-state index in [0.29, 0.717) is 11.3 Å². The van der Waals surface area contributed by atoms with Crippen LogP contribution in [-0.4, -0.2) is 36.4 Å². The van der Waals surface area contributed by atoms with Crippen LogP contribution in [0.3, 0.4) is 0 Å². The Balaban J connectivity index is 1.84. The molecule has 4 nitrogen and oxygen atoms in total. The van der Waals surface area contributed by atoms with Gasteiger partial charge in [0.05, 0.1) is 11.3 Å².